The second-order valence-corrected chi connectivity index (χ2v) is 5.88. The Labute approximate surface area is 142 Å². The normalized spacial score (nSPS) is 17.2. The lowest BCUT2D eigenvalue weighted by Gasteiger charge is -2.17. The summed E-state index contributed by atoms with van der Waals surface area (Å²) < 4.78 is 26.9. The van der Waals surface area contributed by atoms with Crippen molar-refractivity contribution in [3.8, 4) is 0 Å². The molecule has 124 valence electrons. The zero-order valence-corrected chi connectivity index (χ0v) is 13.2. The van der Waals surface area contributed by atoms with Gasteiger partial charge in [0.05, 0.1) is 22.3 Å². The summed E-state index contributed by atoms with van der Waals surface area (Å²) in [5.74, 6) is -2.42. The zero-order chi connectivity index (χ0) is 17.3. The van der Waals surface area contributed by atoms with E-state index in [1.807, 2.05) is 0 Å². The van der Waals surface area contributed by atoms with E-state index in [2.05, 4.69) is 5.32 Å². The highest BCUT2D eigenvalue weighted by molar-refractivity contribution is 6.33. The maximum atomic E-state index is 13.8. The van der Waals surface area contributed by atoms with Gasteiger partial charge in [-0.25, -0.2) is 8.78 Å². The molecule has 1 N–H and O–H groups in total. The smallest absolute Gasteiger partial charge is 0.229 e. The molecule has 0 radical (unpaired) electrons. The number of rotatable bonds is 3. The van der Waals surface area contributed by atoms with Crippen LogP contribution in [0.2, 0.25) is 5.02 Å². The summed E-state index contributed by atoms with van der Waals surface area (Å²) in [6.45, 7) is 0.0738. The van der Waals surface area contributed by atoms with Gasteiger partial charge in [-0.15, -0.1) is 0 Å². The minimum absolute atomic E-state index is 0.0288. The fraction of sp³-hybridized carbons (Fsp3) is 0.176. The molecule has 4 nitrogen and oxygen atoms in total. The summed E-state index contributed by atoms with van der Waals surface area (Å²) >= 11 is 5.87. The third-order valence-electron chi connectivity index (χ3n) is 3.83. The topological polar surface area (TPSA) is 49.4 Å². The van der Waals surface area contributed by atoms with Crippen LogP contribution >= 0.6 is 11.6 Å². The Bertz CT molecular complexity index is 813. The molecule has 2 aromatic rings. The van der Waals surface area contributed by atoms with E-state index < -0.39 is 23.5 Å². The highest BCUT2D eigenvalue weighted by Gasteiger charge is 2.36. The van der Waals surface area contributed by atoms with E-state index >= 15 is 0 Å². The molecule has 0 saturated carbocycles. The van der Waals surface area contributed by atoms with Gasteiger partial charge >= 0.3 is 0 Å². The molecule has 0 spiro atoms. The van der Waals surface area contributed by atoms with E-state index in [9.17, 15) is 18.4 Å². The van der Waals surface area contributed by atoms with E-state index in [0.29, 0.717) is 0 Å². The number of benzene rings is 2. The number of anilines is 2. The number of halogens is 3. The summed E-state index contributed by atoms with van der Waals surface area (Å²) in [6, 6.07) is 9.51. The van der Waals surface area contributed by atoms with E-state index in [0.717, 1.165) is 6.07 Å². The van der Waals surface area contributed by atoms with Gasteiger partial charge in [-0.1, -0.05) is 23.7 Å². The number of hydrogen-bond donors (Lipinski definition) is 1. The molecule has 1 aliphatic heterocycles. The third kappa shape index (κ3) is 3.23. The van der Waals surface area contributed by atoms with Crippen molar-refractivity contribution in [2.24, 2.45) is 5.92 Å². The van der Waals surface area contributed by atoms with Crippen LogP contribution in [-0.2, 0) is 9.59 Å². The SMILES string of the molecule is O=C(Nc1ccc(F)cc1Cl)[C@@H]1CC(=O)N(c2ccccc2F)C1. The zero-order valence-electron chi connectivity index (χ0n) is 12.4. The first-order valence-electron chi connectivity index (χ1n) is 7.26. The van der Waals surface area contributed by atoms with Crippen LogP contribution in [0.1, 0.15) is 6.42 Å². The average molecular weight is 351 g/mol. The fourth-order valence-corrected chi connectivity index (χ4v) is 2.83. The third-order valence-corrected chi connectivity index (χ3v) is 4.14. The van der Waals surface area contributed by atoms with Gasteiger partial charge in [0.15, 0.2) is 0 Å². The van der Waals surface area contributed by atoms with E-state index in [1.54, 1.807) is 6.07 Å². The first-order valence-corrected chi connectivity index (χ1v) is 7.64. The molecule has 7 heteroatoms. The Morgan fingerprint density at radius 2 is 1.96 bits per heavy atom. The minimum Gasteiger partial charge on any atom is -0.324 e. The predicted molar refractivity (Wildman–Crippen MR) is 86.9 cm³/mol. The van der Waals surface area contributed by atoms with Gasteiger partial charge in [0.2, 0.25) is 11.8 Å². The molecular weight excluding hydrogens is 338 g/mol. The number of nitrogens with one attached hydrogen (secondary N) is 1. The van der Waals surface area contributed by atoms with E-state index in [4.69, 9.17) is 11.6 Å². The van der Waals surface area contributed by atoms with E-state index in [1.165, 1.54) is 35.2 Å². The quantitative estimate of drug-likeness (QED) is 0.919. The summed E-state index contributed by atoms with van der Waals surface area (Å²) in [5.41, 5.74) is 0.414. The highest BCUT2D eigenvalue weighted by Crippen LogP contribution is 2.29. The molecule has 1 saturated heterocycles. The molecule has 0 aliphatic carbocycles. The molecule has 1 heterocycles. The Hall–Kier alpha value is -2.47. The molecule has 1 aliphatic rings. The number of carbonyl (C=O) groups excluding carboxylic acids is 2. The maximum Gasteiger partial charge on any atom is 0.229 e. The average Bonchev–Trinajstić information content (AvgIpc) is 2.92. The van der Waals surface area contributed by atoms with Crippen molar-refractivity contribution in [3.63, 3.8) is 0 Å². The molecule has 0 bridgehead atoms. The lowest BCUT2D eigenvalue weighted by molar-refractivity contribution is -0.122. The molecule has 0 unspecified atom stereocenters. The van der Waals surface area contributed by atoms with Crippen LogP contribution in [0.5, 0.6) is 0 Å². The van der Waals surface area contributed by atoms with Gasteiger partial charge in [-0.05, 0) is 30.3 Å². The van der Waals surface area contributed by atoms with Crippen LogP contribution in [0.3, 0.4) is 0 Å². The van der Waals surface area contributed by atoms with Crippen molar-refractivity contribution in [3.05, 3.63) is 59.1 Å². The van der Waals surface area contributed by atoms with Crippen molar-refractivity contribution in [2.45, 2.75) is 6.42 Å². The number of nitrogens with zero attached hydrogens (tertiary/aromatic N) is 1. The summed E-state index contributed by atoms with van der Waals surface area (Å²) in [4.78, 5) is 25.7. The van der Waals surface area contributed by atoms with Crippen LogP contribution in [0.15, 0.2) is 42.5 Å². The van der Waals surface area contributed by atoms with Gasteiger partial charge in [0, 0.05) is 13.0 Å². The second kappa shape index (κ2) is 6.57. The summed E-state index contributed by atoms with van der Waals surface area (Å²) in [5, 5.41) is 2.64. The maximum absolute atomic E-state index is 13.8. The highest BCUT2D eigenvalue weighted by atomic mass is 35.5. The second-order valence-electron chi connectivity index (χ2n) is 5.47. The monoisotopic (exact) mass is 350 g/mol. The largest absolute Gasteiger partial charge is 0.324 e. The number of carbonyl (C=O) groups is 2. The Kier molecular flexibility index (Phi) is 4.49. The minimum atomic E-state index is -0.641. The number of para-hydroxylation sites is 1. The molecule has 0 aromatic heterocycles. The number of hydrogen-bond acceptors (Lipinski definition) is 2. The van der Waals surface area contributed by atoms with Crippen molar-refractivity contribution in [1.29, 1.82) is 0 Å². The molecule has 2 amide bonds. The molecule has 24 heavy (non-hydrogen) atoms. The lowest BCUT2D eigenvalue weighted by atomic mass is 10.1. The van der Waals surface area contributed by atoms with Gasteiger partial charge in [0.25, 0.3) is 0 Å². The van der Waals surface area contributed by atoms with Crippen LogP contribution in [0.25, 0.3) is 0 Å². The van der Waals surface area contributed by atoms with Crippen LogP contribution in [-0.4, -0.2) is 18.4 Å². The molecule has 2 aromatic carbocycles. The van der Waals surface area contributed by atoms with Crippen LogP contribution in [0.4, 0.5) is 20.2 Å². The molecule has 1 fully saturated rings. The Balaban J connectivity index is 1.73. The number of amides is 2. The van der Waals surface area contributed by atoms with Crippen molar-refractivity contribution in [1.82, 2.24) is 0 Å². The van der Waals surface area contributed by atoms with Gasteiger partial charge in [-0.2, -0.15) is 0 Å². The van der Waals surface area contributed by atoms with E-state index in [-0.39, 0.29) is 35.3 Å². The van der Waals surface area contributed by atoms with Gasteiger partial charge in [-0.3, -0.25) is 9.59 Å². The van der Waals surface area contributed by atoms with Crippen molar-refractivity contribution in [2.75, 3.05) is 16.8 Å². The molecule has 1 atom stereocenters. The van der Waals surface area contributed by atoms with Crippen molar-refractivity contribution >= 4 is 34.8 Å². The molecular formula is C17H13ClF2N2O2. The predicted octanol–water partition coefficient (Wildman–Crippen LogP) is 3.61. The van der Waals surface area contributed by atoms with Crippen molar-refractivity contribution < 1.29 is 18.4 Å². The van der Waals surface area contributed by atoms with Gasteiger partial charge in [0.1, 0.15) is 11.6 Å². The first kappa shape index (κ1) is 16.4. The Morgan fingerprint density at radius 3 is 2.67 bits per heavy atom. The molecule has 3 rings (SSSR count). The summed E-state index contributed by atoms with van der Waals surface area (Å²) in [7, 11) is 0. The van der Waals surface area contributed by atoms with Crippen LogP contribution in [0, 0.1) is 17.6 Å². The summed E-state index contributed by atoms with van der Waals surface area (Å²) in [6.07, 6.45) is -0.0288. The fourth-order valence-electron chi connectivity index (χ4n) is 2.61. The first-order chi connectivity index (χ1) is 11.5. The van der Waals surface area contributed by atoms with Gasteiger partial charge < -0.3 is 10.2 Å². The standard InChI is InChI=1S/C17H13ClF2N2O2/c18-12-8-11(19)5-6-14(12)21-17(24)10-7-16(23)22(9-10)15-4-2-1-3-13(15)20/h1-6,8,10H,7,9H2,(H,21,24)/t10-/m1/s1. The lowest BCUT2D eigenvalue weighted by Crippen LogP contribution is -2.28. The van der Waals surface area contributed by atoms with Crippen LogP contribution < -0.4 is 10.2 Å². The Morgan fingerprint density at radius 1 is 1.21 bits per heavy atom.